The van der Waals surface area contributed by atoms with Gasteiger partial charge in [-0.1, -0.05) is 6.42 Å². The van der Waals surface area contributed by atoms with E-state index in [1.807, 2.05) is 6.26 Å². The Morgan fingerprint density at radius 2 is 2.18 bits per heavy atom. The molecule has 0 saturated carbocycles. The lowest BCUT2D eigenvalue weighted by atomic mass is 9.99. The number of oxazole rings is 1. The zero-order valence-electron chi connectivity index (χ0n) is 10.2. The Balaban J connectivity index is 1.68. The first kappa shape index (κ1) is 11.2. The van der Waals surface area contributed by atoms with Crippen LogP contribution in [0.1, 0.15) is 55.6 Å². The lowest BCUT2D eigenvalue weighted by Gasteiger charge is -2.21. The van der Waals surface area contributed by atoms with Gasteiger partial charge in [-0.25, -0.2) is 4.98 Å². The number of hydrogen-bond acceptors (Lipinski definition) is 4. The monoisotopic (exact) mass is 235 g/mol. The maximum Gasteiger partial charge on any atom is 0.198 e. The fraction of sp³-hybridized carbons (Fsp3) is 0.769. The number of nitrogens with one attached hydrogen (secondary N) is 2. The molecule has 0 aromatic carbocycles. The van der Waals surface area contributed by atoms with Crippen LogP contribution in [0.25, 0.3) is 0 Å². The minimum atomic E-state index is 0.415. The van der Waals surface area contributed by atoms with Gasteiger partial charge in [-0.15, -0.1) is 0 Å². The Kier molecular flexibility index (Phi) is 3.43. The summed E-state index contributed by atoms with van der Waals surface area (Å²) in [6, 6.07) is 0.415. The Labute approximate surface area is 102 Å². The number of nitrogens with zero attached hydrogens (tertiary/aromatic N) is 1. The quantitative estimate of drug-likeness (QED) is 0.822. The van der Waals surface area contributed by atoms with Gasteiger partial charge in [0, 0.05) is 12.5 Å². The molecular weight excluding hydrogens is 214 g/mol. The van der Waals surface area contributed by atoms with E-state index in [9.17, 15) is 0 Å². The van der Waals surface area contributed by atoms with E-state index in [0.29, 0.717) is 12.0 Å². The molecule has 2 atom stereocenters. The van der Waals surface area contributed by atoms with Crippen LogP contribution in [0.3, 0.4) is 0 Å². The average Bonchev–Trinajstić information content (AvgIpc) is 2.90. The van der Waals surface area contributed by atoms with Crippen LogP contribution in [-0.2, 0) is 0 Å². The van der Waals surface area contributed by atoms with Crippen LogP contribution in [0.4, 0.5) is 0 Å². The van der Waals surface area contributed by atoms with E-state index in [1.165, 1.54) is 32.1 Å². The van der Waals surface area contributed by atoms with Crippen molar-refractivity contribution in [3.05, 3.63) is 17.8 Å². The highest BCUT2D eigenvalue weighted by Gasteiger charge is 2.23. The van der Waals surface area contributed by atoms with Crippen molar-refractivity contribution in [1.29, 1.82) is 0 Å². The van der Waals surface area contributed by atoms with Crippen molar-refractivity contribution in [3.63, 3.8) is 0 Å². The fourth-order valence-corrected chi connectivity index (χ4v) is 2.82. The van der Waals surface area contributed by atoms with Crippen molar-refractivity contribution >= 4 is 0 Å². The number of hydrogen-bond donors (Lipinski definition) is 2. The third kappa shape index (κ3) is 2.53. The van der Waals surface area contributed by atoms with Gasteiger partial charge in [-0.2, -0.15) is 0 Å². The van der Waals surface area contributed by atoms with E-state index in [0.717, 1.165) is 31.2 Å². The van der Waals surface area contributed by atoms with Crippen LogP contribution >= 0.6 is 0 Å². The molecule has 2 aliphatic rings. The molecule has 3 rings (SSSR count). The third-order valence-corrected chi connectivity index (χ3v) is 3.85. The lowest BCUT2D eigenvalue weighted by molar-refractivity contribution is 0.376. The Bertz CT molecular complexity index is 319. The Hall–Kier alpha value is -0.870. The summed E-state index contributed by atoms with van der Waals surface area (Å²) in [5.41, 5.74) is 1.10. The molecule has 3 heterocycles. The second kappa shape index (κ2) is 5.19. The maximum atomic E-state index is 5.67. The molecule has 0 bridgehead atoms. The van der Waals surface area contributed by atoms with E-state index in [1.54, 1.807) is 0 Å². The molecule has 2 N–H and O–H groups in total. The van der Waals surface area contributed by atoms with E-state index in [2.05, 4.69) is 15.6 Å². The van der Waals surface area contributed by atoms with Crippen LogP contribution in [0.2, 0.25) is 0 Å². The molecule has 2 aliphatic heterocycles. The van der Waals surface area contributed by atoms with Crippen molar-refractivity contribution < 1.29 is 4.42 Å². The summed E-state index contributed by atoms with van der Waals surface area (Å²) < 4.78 is 5.67. The summed E-state index contributed by atoms with van der Waals surface area (Å²) in [7, 11) is 0. The summed E-state index contributed by atoms with van der Waals surface area (Å²) in [6.07, 6.45) is 8.05. The standard InChI is InChI=1S/C13H21N3O/c1-2-7-15-11(5-1)12-9-17-13(16-12)10-4-3-6-14-8-10/h9-11,14-15H,1-8H2. The van der Waals surface area contributed by atoms with E-state index >= 15 is 0 Å². The van der Waals surface area contributed by atoms with Gasteiger partial charge in [0.1, 0.15) is 6.26 Å². The molecule has 94 valence electrons. The van der Waals surface area contributed by atoms with Gasteiger partial charge in [0.15, 0.2) is 5.89 Å². The molecular formula is C13H21N3O. The van der Waals surface area contributed by atoms with Crippen molar-refractivity contribution in [3.8, 4) is 0 Å². The normalized spacial score (nSPS) is 30.4. The van der Waals surface area contributed by atoms with E-state index in [4.69, 9.17) is 4.42 Å². The average molecular weight is 235 g/mol. The summed E-state index contributed by atoms with van der Waals surface area (Å²) in [6.45, 7) is 3.25. The molecule has 0 amide bonds. The van der Waals surface area contributed by atoms with Crippen molar-refractivity contribution in [1.82, 2.24) is 15.6 Å². The van der Waals surface area contributed by atoms with Gasteiger partial charge in [-0.3, -0.25) is 0 Å². The summed E-state index contributed by atoms with van der Waals surface area (Å²) in [5.74, 6) is 1.40. The molecule has 0 spiro atoms. The second-order valence-corrected chi connectivity index (χ2v) is 5.16. The smallest absolute Gasteiger partial charge is 0.198 e. The minimum Gasteiger partial charge on any atom is -0.448 e. The molecule has 1 aromatic rings. The molecule has 2 fully saturated rings. The number of piperidine rings is 2. The first-order valence-corrected chi connectivity index (χ1v) is 6.83. The molecule has 17 heavy (non-hydrogen) atoms. The minimum absolute atomic E-state index is 0.415. The van der Waals surface area contributed by atoms with Crippen LogP contribution in [-0.4, -0.2) is 24.6 Å². The van der Waals surface area contributed by atoms with Crippen LogP contribution in [0.5, 0.6) is 0 Å². The van der Waals surface area contributed by atoms with Crippen molar-refractivity contribution in [2.75, 3.05) is 19.6 Å². The van der Waals surface area contributed by atoms with Crippen molar-refractivity contribution in [2.45, 2.75) is 44.1 Å². The van der Waals surface area contributed by atoms with Gasteiger partial charge < -0.3 is 15.1 Å². The van der Waals surface area contributed by atoms with E-state index in [-0.39, 0.29) is 0 Å². The highest BCUT2D eigenvalue weighted by molar-refractivity contribution is 5.07. The van der Waals surface area contributed by atoms with Gasteiger partial charge >= 0.3 is 0 Å². The van der Waals surface area contributed by atoms with Crippen LogP contribution in [0, 0.1) is 0 Å². The van der Waals surface area contributed by atoms with Gasteiger partial charge in [0.25, 0.3) is 0 Å². The Morgan fingerprint density at radius 1 is 1.18 bits per heavy atom. The summed E-state index contributed by atoms with van der Waals surface area (Å²) >= 11 is 0. The van der Waals surface area contributed by atoms with Crippen LogP contribution < -0.4 is 10.6 Å². The summed E-state index contributed by atoms with van der Waals surface area (Å²) in [4.78, 5) is 4.69. The molecule has 4 nitrogen and oxygen atoms in total. The maximum absolute atomic E-state index is 5.67. The highest BCUT2D eigenvalue weighted by Crippen LogP contribution is 2.27. The number of rotatable bonds is 2. The predicted molar refractivity (Wildman–Crippen MR) is 65.9 cm³/mol. The Morgan fingerprint density at radius 3 is 2.94 bits per heavy atom. The molecule has 2 unspecified atom stereocenters. The van der Waals surface area contributed by atoms with Crippen LogP contribution in [0.15, 0.2) is 10.7 Å². The first-order chi connectivity index (χ1) is 8.43. The fourth-order valence-electron chi connectivity index (χ4n) is 2.82. The molecule has 1 aromatic heterocycles. The SMILES string of the molecule is c1oc(C2CCCNC2)nc1C1CCCCN1. The van der Waals surface area contributed by atoms with Gasteiger partial charge in [0.2, 0.25) is 0 Å². The highest BCUT2D eigenvalue weighted by atomic mass is 16.3. The first-order valence-electron chi connectivity index (χ1n) is 6.83. The van der Waals surface area contributed by atoms with Gasteiger partial charge in [-0.05, 0) is 38.8 Å². The largest absolute Gasteiger partial charge is 0.448 e. The molecule has 4 heteroatoms. The van der Waals surface area contributed by atoms with Crippen molar-refractivity contribution in [2.24, 2.45) is 0 Å². The molecule has 2 saturated heterocycles. The topological polar surface area (TPSA) is 50.1 Å². The lowest BCUT2D eigenvalue weighted by Crippen LogP contribution is -2.29. The zero-order valence-corrected chi connectivity index (χ0v) is 10.2. The molecule has 0 radical (unpaired) electrons. The van der Waals surface area contributed by atoms with E-state index < -0.39 is 0 Å². The second-order valence-electron chi connectivity index (χ2n) is 5.16. The zero-order chi connectivity index (χ0) is 11.5. The molecule has 0 aliphatic carbocycles. The number of aromatic nitrogens is 1. The predicted octanol–water partition coefficient (Wildman–Crippen LogP) is 1.96. The summed E-state index contributed by atoms with van der Waals surface area (Å²) in [5, 5.41) is 6.92. The van der Waals surface area contributed by atoms with Gasteiger partial charge in [0.05, 0.1) is 11.7 Å². The third-order valence-electron chi connectivity index (χ3n) is 3.85.